The molecule has 1 unspecified atom stereocenters. The summed E-state index contributed by atoms with van der Waals surface area (Å²) in [6.45, 7) is 11.6. The van der Waals surface area contributed by atoms with Crippen LogP contribution in [0.1, 0.15) is 46.5 Å². The monoisotopic (exact) mass is 267 g/mol. The second-order valence-electron chi connectivity index (χ2n) is 6.95. The molecule has 2 heterocycles. The van der Waals surface area contributed by atoms with Crippen LogP contribution in [0.3, 0.4) is 0 Å². The minimum Gasteiger partial charge on any atom is -0.341 e. The van der Waals surface area contributed by atoms with E-state index in [-0.39, 0.29) is 5.54 Å². The van der Waals surface area contributed by atoms with Gasteiger partial charge in [0, 0.05) is 37.6 Å². The first-order chi connectivity index (χ1) is 8.96. The van der Waals surface area contributed by atoms with Crippen LogP contribution in [-0.4, -0.2) is 60.0 Å². The molecule has 2 rings (SSSR count). The Kier molecular flexibility index (Phi) is 4.85. The van der Waals surface area contributed by atoms with Gasteiger partial charge in [-0.25, -0.2) is 0 Å². The van der Waals surface area contributed by atoms with Crippen molar-refractivity contribution in [1.29, 1.82) is 0 Å². The van der Waals surface area contributed by atoms with E-state index in [0.29, 0.717) is 18.4 Å². The average Bonchev–Trinajstić information content (AvgIpc) is 2.98. The maximum Gasteiger partial charge on any atom is 0.223 e. The summed E-state index contributed by atoms with van der Waals surface area (Å²) in [4.78, 5) is 16.8. The zero-order valence-electron chi connectivity index (χ0n) is 12.7. The molecule has 0 saturated carbocycles. The maximum absolute atomic E-state index is 12.2. The van der Waals surface area contributed by atoms with E-state index in [2.05, 4.69) is 35.9 Å². The Labute approximate surface area is 117 Å². The second kappa shape index (κ2) is 6.23. The van der Waals surface area contributed by atoms with Gasteiger partial charge in [0.15, 0.2) is 0 Å². The Morgan fingerprint density at radius 3 is 2.53 bits per heavy atom. The van der Waals surface area contributed by atoms with Gasteiger partial charge in [-0.3, -0.25) is 9.69 Å². The highest BCUT2D eigenvalue weighted by atomic mass is 16.2. The van der Waals surface area contributed by atoms with Gasteiger partial charge in [-0.1, -0.05) is 0 Å². The smallest absolute Gasteiger partial charge is 0.223 e. The van der Waals surface area contributed by atoms with Gasteiger partial charge in [0.2, 0.25) is 5.91 Å². The Balaban J connectivity index is 1.69. The molecule has 0 aliphatic carbocycles. The van der Waals surface area contributed by atoms with Crippen LogP contribution < -0.4 is 5.32 Å². The molecule has 0 radical (unpaired) electrons. The number of nitrogens with one attached hydrogen (secondary N) is 1. The van der Waals surface area contributed by atoms with Crippen LogP contribution in [0.5, 0.6) is 0 Å². The van der Waals surface area contributed by atoms with Crippen LogP contribution in [0.15, 0.2) is 0 Å². The molecule has 1 atom stereocenters. The molecule has 2 aliphatic heterocycles. The summed E-state index contributed by atoms with van der Waals surface area (Å²) in [6, 6.07) is 0.627. The fraction of sp³-hybridized carbons (Fsp3) is 0.933. The summed E-state index contributed by atoms with van der Waals surface area (Å²) in [5.41, 5.74) is 0.101. The first kappa shape index (κ1) is 14.8. The Bertz CT molecular complexity index is 305. The molecule has 0 spiro atoms. The Morgan fingerprint density at radius 2 is 1.89 bits per heavy atom. The molecular formula is C15H29N3O. The molecule has 19 heavy (non-hydrogen) atoms. The normalized spacial score (nSPS) is 25.2. The summed E-state index contributed by atoms with van der Waals surface area (Å²) in [6.07, 6.45) is 4.46. The van der Waals surface area contributed by atoms with Crippen LogP contribution in [0, 0.1) is 0 Å². The Morgan fingerprint density at radius 1 is 1.21 bits per heavy atom. The molecular weight excluding hydrogens is 238 g/mol. The summed E-state index contributed by atoms with van der Waals surface area (Å²) >= 11 is 0. The molecule has 4 heteroatoms. The molecule has 0 aromatic heterocycles. The predicted molar refractivity (Wildman–Crippen MR) is 78.2 cm³/mol. The zero-order valence-corrected chi connectivity index (χ0v) is 12.7. The quantitative estimate of drug-likeness (QED) is 0.837. The highest BCUT2D eigenvalue weighted by Gasteiger charge is 2.31. The average molecular weight is 267 g/mol. The molecule has 2 aliphatic rings. The van der Waals surface area contributed by atoms with E-state index in [4.69, 9.17) is 0 Å². The lowest BCUT2D eigenvalue weighted by Crippen LogP contribution is -2.40. The zero-order chi connectivity index (χ0) is 13.9. The van der Waals surface area contributed by atoms with Crippen LogP contribution in [0.4, 0.5) is 0 Å². The molecule has 0 bridgehead atoms. The van der Waals surface area contributed by atoms with Gasteiger partial charge in [0.05, 0.1) is 0 Å². The molecule has 110 valence electrons. The number of rotatable bonds is 4. The highest BCUT2D eigenvalue weighted by Crippen LogP contribution is 2.20. The largest absolute Gasteiger partial charge is 0.341 e. The summed E-state index contributed by atoms with van der Waals surface area (Å²) in [5, 5.41) is 3.38. The van der Waals surface area contributed by atoms with Crippen molar-refractivity contribution < 1.29 is 4.79 Å². The van der Waals surface area contributed by atoms with Gasteiger partial charge in [-0.2, -0.15) is 0 Å². The molecule has 4 nitrogen and oxygen atoms in total. The van der Waals surface area contributed by atoms with Gasteiger partial charge in [0.1, 0.15) is 0 Å². The number of likely N-dealkylation sites (tertiary alicyclic amines) is 2. The van der Waals surface area contributed by atoms with E-state index in [1.165, 1.54) is 32.4 Å². The van der Waals surface area contributed by atoms with E-state index >= 15 is 0 Å². The predicted octanol–water partition coefficient (Wildman–Crippen LogP) is 1.46. The van der Waals surface area contributed by atoms with Gasteiger partial charge >= 0.3 is 0 Å². The molecule has 2 saturated heterocycles. The van der Waals surface area contributed by atoms with Crippen molar-refractivity contribution in [2.24, 2.45) is 0 Å². The topological polar surface area (TPSA) is 35.6 Å². The molecule has 0 aromatic rings. The van der Waals surface area contributed by atoms with Gasteiger partial charge in [0.25, 0.3) is 0 Å². The number of nitrogens with zero attached hydrogens (tertiary/aromatic N) is 2. The summed E-state index contributed by atoms with van der Waals surface area (Å²) in [7, 11) is 0. The van der Waals surface area contributed by atoms with E-state index in [1.807, 2.05) is 0 Å². The third-order valence-electron chi connectivity index (χ3n) is 4.17. The summed E-state index contributed by atoms with van der Waals surface area (Å²) < 4.78 is 0. The number of carbonyl (C=O) groups is 1. The van der Waals surface area contributed by atoms with E-state index in [9.17, 15) is 4.79 Å². The molecule has 0 aromatic carbocycles. The fourth-order valence-corrected chi connectivity index (χ4v) is 3.08. The standard InChI is InChI=1S/C15H29N3O/c1-15(2,3)16-8-6-14(19)18-11-7-13(12-18)17-9-4-5-10-17/h13,16H,4-12H2,1-3H3. The van der Waals surface area contributed by atoms with Crippen molar-refractivity contribution in [2.45, 2.75) is 58.0 Å². The van der Waals surface area contributed by atoms with Crippen molar-refractivity contribution in [3.8, 4) is 0 Å². The minimum atomic E-state index is 0.101. The molecule has 1 N–H and O–H groups in total. The first-order valence-corrected chi connectivity index (χ1v) is 7.72. The van der Waals surface area contributed by atoms with Crippen molar-refractivity contribution in [3.63, 3.8) is 0 Å². The van der Waals surface area contributed by atoms with Crippen molar-refractivity contribution >= 4 is 5.91 Å². The number of hydrogen-bond acceptors (Lipinski definition) is 3. The number of hydrogen-bond donors (Lipinski definition) is 1. The molecule has 2 fully saturated rings. The van der Waals surface area contributed by atoms with Crippen molar-refractivity contribution in [1.82, 2.24) is 15.1 Å². The SMILES string of the molecule is CC(C)(C)NCCC(=O)N1CCC(N2CCCC2)C1. The van der Waals surface area contributed by atoms with E-state index in [1.54, 1.807) is 0 Å². The van der Waals surface area contributed by atoms with Crippen LogP contribution in [0.25, 0.3) is 0 Å². The maximum atomic E-state index is 12.2. The fourth-order valence-electron chi connectivity index (χ4n) is 3.08. The minimum absolute atomic E-state index is 0.101. The van der Waals surface area contributed by atoms with Crippen LogP contribution in [-0.2, 0) is 4.79 Å². The third-order valence-corrected chi connectivity index (χ3v) is 4.17. The lowest BCUT2D eigenvalue weighted by atomic mass is 10.1. The number of amides is 1. The van der Waals surface area contributed by atoms with Gasteiger partial charge < -0.3 is 10.2 Å². The van der Waals surface area contributed by atoms with E-state index < -0.39 is 0 Å². The van der Waals surface area contributed by atoms with Gasteiger partial charge in [-0.05, 0) is 53.1 Å². The van der Waals surface area contributed by atoms with Crippen LogP contribution in [0.2, 0.25) is 0 Å². The lowest BCUT2D eigenvalue weighted by molar-refractivity contribution is -0.130. The lowest BCUT2D eigenvalue weighted by Gasteiger charge is -2.24. The first-order valence-electron chi connectivity index (χ1n) is 7.72. The van der Waals surface area contributed by atoms with Crippen molar-refractivity contribution in [3.05, 3.63) is 0 Å². The molecule has 1 amide bonds. The van der Waals surface area contributed by atoms with Gasteiger partial charge in [-0.15, -0.1) is 0 Å². The van der Waals surface area contributed by atoms with E-state index in [0.717, 1.165) is 19.6 Å². The third kappa shape index (κ3) is 4.46. The highest BCUT2D eigenvalue weighted by molar-refractivity contribution is 5.76. The Hall–Kier alpha value is -0.610. The van der Waals surface area contributed by atoms with Crippen molar-refractivity contribution in [2.75, 3.05) is 32.7 Å². The van der Waals surface area contributed by atoms with Crippen LogP contribution >= 0.6 is 0 Å². The second-order valence-corrected chi connectivity index (χ2v) is 6.95. The number of carbonyl (C=O) groups excluding carboxylic acids is 1. The summed E-state index contributed by atoms with van der Waals surface area (Å²) in [5.74, 6) is 0.318.